The maximum absolute atomic E-state index is 12.3. The van der Waals surface area contributed by atoms with Crippen LogP contribution in [0.25, 0.3) is 0 Å². The molecule has 1 N–H and O–H groups in total. The second kappa shape index (κ2) is 3.88. The molecule has 1 aliphatic heterocycles. The van der Waals surface area contributed by atoms with E-state index >= 15 is 0 Å². The molecule has 2 heterocycles. The largest absolute Gasteiger partial charge is 0.467 e. The summed E-state index contributed by atoms with van der Waals surface area (Å²) in [4.78, 5) is 14.1. The summed E-state index contributed by atoms with van der Waals surface area (Å²) >= 11 is 0. The molecule has 1 amide bonds. The third-order valence-corrected chi connectivity index (χ3v) is 2.99. The zero-order valence-electron chi connectivity index (χ0n) is 10.9. The van der Waals surface area contributed by atoms with Crippen LogP contribution in [0, 0.1) is 0 Å². The van der Waals surface area contributed by atoms with E-state index in [1.165, 1.54) is 0 Å². The highest BCUT2D eigenvalue weighted by molar-refractivity contribution is 5.86. The van der Waals surface area contributed by atoms with E-state index in [0.29, 0.717) is 13.1 Å². The standard InChI is InChI=1S/C13H20N2O2/c1-12(2)9-15(8-10-6-5-7-17-10)11(16)13(3,4)14-12/h5-7,14H,8-9H2,1-4H3. The van der Waals surface area contributed by atoms with E-state index in [-0.39, 0.29) is 11.4 Å². The van der Waals surface area contributed by atoms with Gasteiger partial charge in [-0.15, -0.1) is 0 Å². The summed E-state index contributed by atoms with van der Waals surface area (Å²) in [5.41, 5.74) is -0.599. The van der Waals surface area contributed by atoms with Gasteiger partial charge in [-0.05, 0) is 39.8 Å². The number of carbonyl (C=O) groups is 1. The molecule has 94 valence electrons. The van der Waals surface area contributed by atoms with Crippen LogP contribution in [-0.4, -0.2) is 28.4 Å². The molecule has 1 aromatic heterocycles. The first kappa shape index (κ1) is 12.2. The fraction of sp³-hybridized carbons (Fsp3) is 0.615. The molecule has 0 radical (unpaired) electrons. The molecule has 0 spiro atoms. The zero-order chi connectivity index (χ0) is 12.7. The highest BCUT2D eigenvalue weighted by atomic mass is 16.3. The lowest BCUT2D eigenvalue weighted by Gasteiger charge is -2.47. The Morgan fingerprint density at radius 1 is 1.41 bits per heavy atom. The van der Waals surface area contributed by atoms with Crippen LogP contribution in [-0.2, 0) is 11.3 Å². The SMILES string of the molecule is CC1(C)CN(Cc2ccco2)C(=O)C(C)(C)N1. The summed E-state index contributed by atoms with van der Waals surface area (Å²) in [6.07, 6.45) is 1.64. The number of rotatable bonds is 2. The molecular formula is C13H20N2O2. The number of amides is 1. The Labute approximate surface area is 102 Å². The van der Waals surface area contributed by atoms with E-state index in [1.807, 2.05) is 30.9 Å². The lowest BCUT2D eigenvalue weighted by Crippen LogP contribution is -2.69. The van der Waals surface area contributed by atoms with Crippen molar-refractivity contribution in [2.45, 2.75) is 45.3 Å². The minimum atomic E-state index is -0.520. The van der Waals surface area contributed by atoms with E-state index < -0.39 is 5.54 Å². The molecule has 0 atom stereocenters. The topological polar surface area (TPSA) is 45.5 Å². The van der Waals surface area contributed by atoms with Gasteiger partial charge >= 0.3 is 0 Å². The number of carbonyl (C=O) groups excluding carboxylic acids is 1. The average Bonchev–Trinajstić information content (AvgIpc) is 2.64. The lowest BCUT2D eigenvalue weighted by molar-refractivity contribution is -0.144. The van der Waals surface area contributed by atoms with Crippen LogP contribution in [0.1, 0.15) is 33.5 Å². The molecule has 0 unspecified atom stereocenters. The van der Waals surface area contributed by atoms with Crippen molar-refractivity contribution in [1.29, 1.82) is 0 Å². The molecule has 1 aliphatic rings. The van der Waals surface area contributed by atoms with Gasteiger partial charge in [0.2, 0.25) is 5.91 Å². The van der Waals surface area contributed by atoms with Crippen molar-refractivity contribution in [2.24, 2.45) is 0 Å². The maximum atomic E-state index is 12.3. The molecule has 0 aliphatic carbocycles. The first-order valence-electron chi connectivity index (χ1n) is 5.91. The van der Waals surface area contributed by atoms with Crippen LogP contribution < -0.4 is 5.32 Å². The van der Waals surface area contributed by atoms with Crippen molar-refractivity contribution in [2.75, 3.05) is 6.54 Å². The third-order valence-electron chi connectivity index (χ3n) is 2.99. The number of piperazine rings is 1. The van der Waals surface area contributed by atoms with Crippen LogP contribution in [0.2, 0.25) is 0 Å². The van der Waals surface area contributed by atoms with Gasteiger partial charge in [-0.25, -0.2) is 0 Å². The number of hydrogen-bond donors (Lipinski definition) is 1. The van der Waals surface area contributed by atoms with Gasteiger partial charge in [-0.2, -0.15) is 0 Å². The van der Waals surface area contributed by atoms with Gasteiger partial charge in [0.1, 0.15) is 5.76 Å². The van der Waals surface area contributed by atoms with Crippen LogP contribution >= 0.6 is 0 Å². The van der Waals surface area contributed by atoms with Gasteiger partial charge in [0.15, 0.2) is 0 Å². The lowest BCUT2D eigenvalue weighted by atomic mass is 9.90. The van der Waals surface area contributed by atoms with E-state index in [1.54, 1.807) is 6.26 Å². The molecule has 0 saturated carbocycles. The summed E-state index contributed by atoms with van der Waals surface area (Å²) in [7, 11) is 0. The highest BCUT2D eigenvalue weighted by Crippen LogP contribution is 2.23. The summed E-state index contributed by atoms with van der Waals surface area (Å²) in [6.45, 7) is 9.29. The van der Waals surface area contributed by atoms with Gasteiger partial charge < -0.3 is 9.32 Å². The Kier molecular flexibility index (Phi) is 2.78. The van der Waals surface area contributed by atoms with Gasteiger partial charge in [0.25, 0.3) is 0 Å². The molecule has 0 bridgehead atoms. The van der Waals surface area contributed by atoms with Crippen molar-refractivity contribution >= 4 is 5.91 Å². The predicted molar refractivity (Wildman–Crippen MR) is 65.4 cm³/mol. The smallest absolute Gasteiger partial charge is 0.242 e. The van der Waals surface area contributed by atoms with Gasteiger partial charge in [-0.3, -0.25) is 10.1 Å². The molecule has 2 rings (SSSR count). The number of nitrogens with zero attached hydrogens (tertiary/aromatic N) is 1. The Morgan fingerprint density at radius 2 is 2.12 bits per heavy atom. The predicted octanol–water partition coefficient (Wildman–Crippen LogP) is 1.77. The number of nitrogens with one attached hydrogen (secondary N) is 1. The Balaban J connectivity index is 2.18. The minimum Gasteiger partial charge on any atom is -0.467 e. The Hall–Kier alpha value is -1.29. The van der Waals surface area contributed by atoms with Gasteiger partial charge in [0, 0.05) is 12.1 Å². The van der Waals surface area contributed by atoms with Crippen molar-refractivity contribution in [3.05, 3.63) is 24.2 Å². The summed E-state index contributed by atoms with van der Waals surface area (Å²) in [5, 5.41) is 3.37. The van der Waals surface area contributed by atoms with Crippen LogP contribution in [0.4, 0.5) is 0 Å². The molecule has 1 fully saturated rings. The van der Waals surface area contributed by atoms with Crippen LogP contribution in [0.5, 0.6) is 0 Å². The number of furan rings is 1. The van der Waals surface area contributed by atoms with Crippen molar-refractivity contribution in [3.63, 3.8) is 0 Å². The van der Waals surface area contributed by atoms with E-state index in [9.17, 15) is 4.79 Å². The summed E-state index contributed by atoms with van der Waals surface area (Å²) in [6, 6.07) is 3.74. The second-order valence-corrected chi connectivity index (χ2v) is 5.87. The van der Waals surface area contributed by atoms with Gasteiger partial charge in [-0.1, -0.05) is 0 Å². The monoisotopic (exact) mass is 236 g/mol. The quantitative estimate of drug-likeness (QED) is 0.851. The molecular weight excluding hydrogens is 216 g/mol. The first-order chi connectivity index (χ1) is 7.80. The van der Waals surface area contributed by atoms with Crippen molar-refractivity contribution in [3.8, 4) is 0 Å². The normalized spacial score (nSPS) is 22.8. The van der Waals surface area contributed by atoms with Crippen LogP contribution in [0.15, 0.2) is 22.8 Å². The zero-order valence-corrected chi connectivity index (χ0v) is 10.9. The Morgan fingerprint density at radius 3 is 2.71 bits per heavy atom. The Bertz CT molecular complexity index is 407. The van der Waals surface area contributed by atoms with E-state index in [4.69, 9.17) is 4.42 Å². The summed E-state index contributed by atoms with van der Waals surface area (Å²) in [5.74, 6) is 0.945. The van der Waals surface area contributed by atoms with Crippen molar-refractivity contribution < 1.29 is 9.21 Å². The highest BCUT2D eigenvalue weighted by Gasteiger charge is 2.43. The fourth-order valence-electron chi connectivity index (χ4n) is 2.60. The molecule has 0 aromatic carbocycles. The number of hydrogen-bond acceptors (Lipinski definition) is 3. The summed E-state index contributed by atoms with van der Waals surface area (Å²) < 4.78 is 5.31. The molecule has 4 nitrogen and oxygen atoms in total. The first-order valence-corrected chi connectivity index (χ1v) is 5.91. The maximum Gasteiger partial charge on any atom is 0.242 e. The van der Waals surface area contributed by atoms with Gasteiger partial charge in [0.05, 0.1) is 18.3 Å². The fourth-order valence-corrected chi connectivity index (χ4v) is 2.60. The average molecular weight is 236 g/mol. The molecule has 1 aromatic rings. The molecule has 1 saturated heterocycles. The van der Waals surface area contributed by atoms with E-state index in [0.717, 1.165) is 5.76 Å². The van der Waals surface area contributed by atoms with Crippen LogP contribution in [0.3, 0.4) is 0 Å². The minimum absolute atomic E-state index is 0.0794. The molecule has 17 heavy (non-hydrogen) atoms. The van der Waals surface area contributed by atoms with Crippen molar-refractivity contribution in [1.82, 2.24) is 10.2 Å². The second-order valence-electron chi connectivity index (χ2n) is 5.87. The third kappa shape index (κ3) is 2.52. The molecule has 4 heteroatoms. The van der Waals surface area contributed by atoms with E-state index in [2.05, 4.69) is 19.2 Å².